The number of carbonyl (C=O) groups excluding carboxylic acids is 1. The van der Waals surface area contributed by atoms with Crippen molar-refractivity contribution < 1.29 is 13.2 Å². The number of hydrogen-bond acceptors (Lipinski definition) is 3. The Morgan fingerprint density at radius 1 is 1.08 bits per heavy atom. The first-order valence-corrected chi connectivity index (χ1v) is 11.1. The fraction of sp³-hybridized carbons (Fsp3) is 0.650. The zero-order valence-electron chi connectivity index (χ0n) is 15.8. The number of benzene rings is 1. The van der Waals surface area contributed by atoms with E-state index in [9.17, 15) is 13.2 Å². The first kappa shape index (κ1) is 20.0. The Labute approximate surface area is 152 Å². The summed E-state index contributed by atoms with van der Waals surface area (Å²) in [4.78, 5) is 12.3. The summed E-state index contributed by atoms with van der Waals surface area (Å²) in [5.74, 6) is 0.316. The molecule has 2 rings (SSSR count). The average Bonchev–Trinajstić information content (AvgIpc) is 3.27. The molecule has 1 unspecified atom stereocenters. The molecule has 0 aliphatic heterocycles. The van der Waals surface area contributed by atoms with Crippen molar-refractivity contribution in [2.24, 2.45) is 17.8 Å². The highest BCUT2D eigenvalue weighted by atomic mass is 32.2. The molecule has 4 nitrogen and oxygen atoms in total. The zero-order chi connectivity index (χ0) is 18.6. The van der Waals surface area contributed by atoms with Gasteiger partial charge >= 0.3 is 0 Å². The highest BCUT2D eigenvalue weighted by molar-refractivity contribution is 7.92. The van der Waals surface area contributed by atoms with Crippen LogP contribution in [0.5, 0.6) is 0 Å². The topological polar surface area (TPSA) is 63.2 Å². The number of amides is 1. The van der Waals surface area contributed by atoms with Gasteiger partial charge in [0.2, 0.25) is 5.91 Å². The van der Waals surface area contributed by atoms with E-state index in [2.05, 4.69) is 43.4 Å². The molecule has 0 spiro atoms. The largest absolute Gasteiger partial charge is 0.348 e. The normalized spacial score (nSPS) is 16.2. The highest BCUT2D eigenvalue weighted by Gasteiger charge is 2.34. The van der Waals surface area contributed by atoms with E-state index < -0.39 is 15.6 Å². The van der Waals surface area contributed by atoms with Crippen LogP contribution in [0.25, 0.3) is 0 Å². The minimum absolute atomic E-state index is 0.0329. The molecule has 140 valence electrons. The lowest BCUT2D eigenvalue weighted by Crippen LogP contribution is -2.35. The Balaban J connectivity index is 2.02. The third kappa shape index (κ3) is 6.81. The Kier molecular flexibility index (Phi) is 6.66. The summed E-state index contributed by atoms with van der Waals surface area (Å²) in [6, 6.07) is 8.31. The molecule has 1 aromatic carbocycles. The van der Waals surface area contributed by atoms with E-state index in [1.54, 1.807) is 0 Å². The molecule has 1 aliphatic carbocycles. The van der Waals surface area contributed by atoms with Gasteiger partial charge in [-0.15, -0.1) is 0 Å². The van der Waals surface area contributed by atoms with Crippen LogP contribution in [-0.2, 0) is 21.1 Å². The molecule has 1 aromatic rings. The summed E-state index contributed by atoms with van der Waals surface area (Å²) in [7, 11) is -3.35. The Morgan fingerprint density at radius 2 is 1.68 bits per heavy atom. The second-order valence-corrected chi connectivity index (χ2v) is 10.3. The van der Waals surface area contributed by atoms with Crippen molar-refractivity contribution in [1.82, 2.24) is 5.32 Å². The molecule has 1 aliphatic rings. The van der Waals surface area contributed by atoms with Crippen molar-refractivity contribution in [2.75, 3.05) is 11.5 Å². The first-order valence-electron chi connectivity index (χ1n) is 9.25. The second-order valence-electron chi connectivity index (χ2n) is 8.17. The fourth-order valence-electron chi connectivity index (χ4n) is 3.22. The number of carbonyl (C=O) groups is 1. The van der Waals surface area contributed by atoms with Crippen LogP contribution in [0.2, 0.25) is 0 Å². The van der Waals surface area contributed by atoms with Gasteiger partial charge in [0, 0.05) is 0 Å². The first-order chi connectivity index (χ1) is 11.7. The van der Waals surface area contributed by atoms with Gasteiger partial charge in [-0.05, 0) is 48.1 Å². The number of rotatable bonds is 9. The van der Waals surface area contributed by atoms with Crippen LogP contribution >= 0.6 is 0 Å². The van der Waals surface area contributed by atoms with Gasteiger partial charge in [-0.25, -0.2) is 8.42 Å². The Hall–Kier alpha value is -1.36. The van der Waals surface area contributed by atoms with Gasteiger partial charge in [-0.3, -0.25) is 4.79 Å². The molecule has 1 amide bonds. The molecule has 0 radical (unpaired) electrons. The molecule has 5 heteroatoms. The van der Waals surface area contributed by atoms with E-state index >= 15 is 0 Å². The van der Waals surface area contributed by atoms with E-state index in [1.165, 1.54) is 5.56 Å². The van der Waals surface area contributed by atoms with Gasteiger partial charge < -0.3 is 5.32 Å². The SMILES string of the molecule is CC(C)Cc1ccc(C(NC(=O)CS(=O)(=O)CC(C)C)C2CC2)cc1. The molecule has 1 saturated carbocycles. The lowest BCUT2D eigenvalue weighted by atomic mass is 9.97. The van der Waals surface area contributed by atoms with Gasteiger partial charge in [0.25, 0.3) is 0 Å². The predicted octanol–water partition coefficient (Wildman–Crippen LogP) is 3.52. The highest BCUT2D eigenvalue weighted by Crippen LogP contribution is 2.41. The third-order valence-corrected chi connectivity index (χ3v) is 6.21. The standard InChI is InChI=1S/C20H31NO3S/c1-14(2)11-16-5-7-17(8-6-16)20(18-9-10-18)21-19(22)13-25(23,24)12-15(3)4/h5-8,14-15,18,20H,9-13H2,1-4H3,(H,21,22). The van der Waals surface area contributed by atoms with E-state index in [-0.39, 0.29) is 23.6 Å². The summed E-state index contributed by atoms with van der Waals surface area (Å²) in [5, 5.41) is 2.97. The lowest BCUT2D eigenvalue weighted by molar-refractivity contribution is -0.119. The van der Waals surface area contributed by atoms with Gasteiger partial charge in [0.05, 0.1) is 11.8 Å². The molecule has 25 heavy (non-hydrogen) atoms. The van der Waals surface area contributed by atoms with E-state index in [0.29, 0.717) is 11.8 Å². The van der Waals surface area contributed by atoms with Crippen LogP contribution in [0, 0.1) is 17.8 Å². The van der Waals surface area contributed by atoms with Crippen LogP contribution in [0.4, 0.5) is 0 Å². The van der Waals surface area contributed by atoms with E-state index in [0.717, 1.165) is 24.8 Å². The molecule has 1 atom stereocenters. The maximum Gasteiger partial charge on any atom is 0.235 e. The maximum absolute atomic E-state index is 12.3. The summed E-state index contributed by atoms with van der Waals surface area (Å²) in [5.41, 5.74) is 2.36. The minimum atomic E-state index is -3.35. The van der Waals surface area contributed by atoms with Crippen LogP contribution < -0.4 is 5.32 Å². The predicted molar refractivity (Wildman–Crippen MR) is 102 cm³/mol. The number of nitrogens with one attached hydrogen (secondary N) is 1. The average molecular weight is 366 g/mol. The second kappa shape index (κ2) is 8.35. The third-order valence-electron chi connectivity index (χ3n) is 4.33. The summed E-state index contributed by atoms with van der Waals surface area (Å²) < 4.78 is 24.1. The van der Waals surface area contributed by atoms with Crippen molar-refractivity contribution in [3.63, 3.8) is 0 Å². The van der Waals surface area contributed by atoms with E-state index in [1.807, 2.05) is 13.8 Å². The maximum atomic E-state index is 12.3. The molecule has 0 bridgehead atoms. The van der Waals surface area contributed by atoms with Gasteiger partial charge in [-0.1, -0.05) is 52.0 Å². The van der Waals surface area contributed by atoms with Crippen LogP contribution in [-0.4, -0.2) is 25.8 Å². The van der Waals surface area contributed by atoms with Crippen molar-refractivity contribution in [3.05, 3.63) is 35.4 Å². The molecular weight excluding hydrogens is 334 g/mol. The molecule has 1 fully saturated rings. The summed E-state index contributed by atoms with van der Waals surface area (Å²) in [6.45, 7) is 8.08. The molecule has 1 N–H and O–H groups in total. The molecule has 0 heterocycles. The smallest absolute Gasteiger partial charge is 0.235 e. The van der Waals surface area contributed by atoms with Crippen molar-refractivity contribution in [1.29, 1.82) is 0 Å². The van der Waals surface area contributed by atoms with E-state index in [4.69, 9.17) is 0 Å². The number of sulfone groups is 1. The molecule has 0 saturated heterocycles. The van der Waals surface area contributed by atoms with Crippen LogP contribution in [0.15, 0.2) is 24.3 Å². The minimum Gasteiger partial charge on any atom is -0.348 e. The van der Waals surface area contributed by atoms with Crippen molar-refractivity contribution >= 4 is 15.7 Å². The van der Waals surface area contributed by atoms with Crippen LogP contribution in [0.1, 0.15) is 57.7 Å². The molecular formula is C20H31NO3S. The number of hydrogen-bond donors (Lipinski definition) is 1. The van der Waals surface area contributed by atoms with Crippen molar-refractivity contribution in [3.8, 4) is 0 Å². The van der Waals surface area contributed by atoms with Crippen LogP contribution in [0.3, 0.4) is 0 Å². The Bertz CT molecular complexity index is 673. The molecule has 0 aromatic heterocycles. The zero-order valence-corrected chi connectivity index (χ0v) is 16.6. The Morgan fingerprint density at radius 3 is 2.16 bits per heavy atom. The van der Waals surface area contributed by atoms with Gasteiger partial charge in [0.1, 0.15) is 5.75 Å². The summed E-state index contributed by atoms with van der Waals surface area (Å²) in [6.07, 6.45) is 3.20. The fourth-order valence-corrected chi connectivity index (χ4v) is 4.83. The quantitative estimate of drug-likeness (QED) is 0.728. The van der Waals surface area contributed by atoms with Gasteiger partial charge in [-0.2, -0.15) is 0 Å². The lowest BCUT2D eigenvalue weighted by Gasteiger charge is -2.19. The van der Waals surface area contributed by atoms with Crippen molar-refractivity contribution in [2.45, 2.75) is 53.0 Å². The monoisotopic (exact) mass is 365 g/mol. The van der Waals surface area contributed by atoms with Gasteiger partial charge in [0.15, 0.2) is 9.84 Å². The summed E-state index contributed by atoms with van der Waals surface area (Å²) >= 11 is 0.